The maximum atomic E-state index is 5.87. The van der Waals surface area contributed by atoms with Gasteiger partial charge in [-0.15, -0.1) is 0 Å². The average Bonchev–Trinajstić information content (AvgIpc) is 2.58. The minimum atomic E-state index is -1.88. The first-order valence-electron chi connectivity index (χ1n) is 10.3. The summed E-state index contributed by atoms with van der Waals surface area (Å²) in [6.45, 7) is 4.55. The molecule has 0 unspecified atom stereocenters. The summed E-state index contributed by atoms with van der Waals surface area (Å²) >= 11 is 0. The largest absolute Gasteiger partial charge is 0.398 e. The highest BCUT2D eigenvalue weighted by molar-refractivity contribution is 6.67. The summed E-state index contributed by atoms with van der Waals surface area (Å²) in [6, 6.07) is 2.36. The van der Waals surface area contributed by atoms with Crippen molar-refractivity contribution in [2.75, 3.05) is 14.2 Å². The lowest BCUT2D eigenvalue weighted by atomic mass is 10.1. The number of rotatable bonds is 18. The van der Waals surface area contributed by atoms with Crippen molar-refractivity contribution in [3.8, 4) is 0 Å². The molecular weight excluding hydrogens is 300 g/mol. The second-order valence-electron chi connectivity index (χ2n) is 7.06. The maximum absolute atomic E-state index is 5.87. The van der Waals surface area contributed by atoms with Crippen LogP contribution in [0.3, 0.4) is 0 Å². The highest BCUT2D eigenvalue weighted by Crippen LogP contribution is 2.24. The van der Waals surface area contributed by atoms with Gasteiger partial charge in [-0.1, -0.05) is 104 Å². The molecule has 140 valence electrons. The number of hydrogen-bond acceptors (Lipinski definition) is 2. The summed E-state index contributed by atoms with van der Waals surface area (Å²) in [5.74, 6) is 0. The topological polar surface area (TPSA) is 18.5 Å². The number of unbranched alkanes of at least 4 members (excludes halogenated alkanes) is 12. The standard InChI is InChI=1S/C20H44O2Si/c1-5-7-9-11-12-13-14-15-16-18-20-23(21-3,22-4)19-17-10-8-6-2/h5-20H2,1-4H3. The lowest BCUT2D eigenvalue weighted by Crippen LogP contribution is -2.39. The van der Waals surface area contributed by atoms with E-state index in [0.29, 0.717) is 0 Å². The molecule has 23 heavy (non-hydrogen) atoms. The van der Waals surface area contributed by atoms with Gasteiger partial charge in [0.1, 0.15) is 0 Å². The van der Waals surface area contributed by atoms with Crippen molar-refractivity contribution in [3.05, 3.63) is 0 Å². The molecule has 0 radical (unpaired) electrons. The van der Waals surface area contributed by atoms with Crippen molar-refractivity contribution >= 4 is 8.56 Å². The van der Waals surface area contributed by atoms with Crippen molar-refractivity contribution in [2.45, 2.75) is 116 Å². The van der Waals surface area contributed by atoms with E-state index in [2.05, 4.69) is 13.8 Å². The van der Waals surface area contributed by atoms with Crippen LogP contribution in [0.5, 0.6) is 0 Å². The Morgan fingerprint density at radius 1 is 0.478 bits per heavy atom. The lowest BCUT2D eigenvalue weighted by molar-refractivity contribution is 0.238. The molecule has 0 aliphatic heterocycles. The summed E-state index contributed by atoms with van der Waals surface area (Å²) in [5, 5.41) is 0. The van der Waals surface area contributed by atoms with E-state index >= 15 is 0 Å². The third-order valence-electron chi connectivity index (χ3n) is 5.07. The molecule has 3 heteroatoms. The van der Waals surface area contributed by atoms with Crippen molar-refractivity contribution in [3.63, 3.8) is 0 Å². The van der Waals surface area contributed by atoms with Crippen molar-refractivity contribution in [2.24, 2.45) is 0 Å². The van der Waals surface area contributed by atoms with Crippen molar-refractivity contribution in [1.82, 2.24) is 0 Å². The van der Waals surface area contributed by atoms with Crippen LogP contribution in [0.25, 0.3) is 0 Å². The van der Waals surface area contributed by atoms with Gasteiger partial charge in [0.05, 0.1) is 0 Å². The Labute approximate surface area is 148 Å². The normalized spacial score (nSPS) is 12.0. The average molecular weight is 345 g/mol. The Bertz CT molecular complexity index is 230. The van der Waals surface area contributed by atoms with E-state index < -0.39 is 8.56 Å². The molecule has 2 nitrogen and oxygen atoms in total. The maximum Gasteiger partial charge on any atom is 0.337 e. The molecule has 0 atom stereocenters. The second-order valence-corrected chi connectivity index (χ2v) is 10.7. The van der Waals surface area contributed by atoms with Gasteiger partial charge in [-0.25, -0.2) is 0 Å². The molecule has 0 heterocycles. The van der Waals surface area contributed by atoms with Crippen LogP contribution in [-0.2, 0) is 8.85 Å². The van der Waals surface area contributed by atoms with Crippen LogP contribution in [0, 0.1) is 0 Å². The highest BCUT2D eigenvalue weighted by atomic mass is 28.4. The Balaban J connectivity index is 3.63. The van der Waals surface area contributed by atoms with E-state index in [0.717, 1.165) is 0 Å². The Kier molecular flexibility index (Phi) is 17.1. The predicted octanol–water partition coefficient (Wildman–Crippen LogP) is 7.22. The van der Waals surface area contributed by atoms with Crippen LogP contribution in [0.4, 0.5) is 0 Å². The quantitative estimate of drug-likeness (QED) is 0.193. The van der Waals surface area contributed by atoms with Gasteiger partial charge >= 0.3 is 8.56 Å². The SMILES string of the molecule is CCCCCCCCCCCC[Si](CCCCCC)(OC)OC. The van der Waals surface area contributed by atoms with Gasteiger partial charge in [-0.05, 0) is 12.1 Å². The van der Waals surface area contributed by atoms with Crippen molar-refractivity contribution < 1.29 is 8.85 Å². The third-order valence-corrected chi connectivity index (χ3v) is 8.79. The zero-order valence-corrected chi connectivity index (χ0v) is 17.6. The molecule has 0 aromatic carbocycles. The van der Waals surface area contributed by atoms with Gasteiger partial charge in [-0.3, -0.25) is 0 Å². The first kappa shape index (κ1) is 23.1. The van der Waals surface area contributed by atoms with E-state index in [-0.39, 0.29) is 0 Å². The molecule has 0 saturated carbocycles. The van der Waals surface area contributed by atoms with Crippen molar-refractivity contribution in [1.29, 1.82) is 0 Å². The van der Waals surface area contributed by atoms with Crippen LogP contribution in [-0.4, -0.2) is 22.8 Å². The van der Waals surface area contributed by atoms with Gasteiger partial charge in [0.25, 0.3) is 0 Å². The fourth-order valence-electron chi connectivity index (χ4n) is 3.32. The monoisotopic (exact) mass is 344 g/mol. The molecule has 0 aromatic rings. The first-order valence-corrected chi connectivity index (χ1v) is 12.6. The minimum absolute atomic E-state index is 1.18. The molecule has 0 bridgehead atoms. The van der Waals surface area contributed by atoms with Gasteiger partial charge < -0.3 is 8.85 Å². The van der Waals surface area contributed by atoms with Gasteiger partial charge in [0.2, 0.25) is 0 Å². The minimum Gasteiger partial charge on any atom is -0.398 e. The third kappa shape index (κ3) is 13.1. The molecule has 0 amide bonds. The predicted molar refractivity (Wildman–Crippen MR) is 105 cm³/mol. The van der Waals surface area contributed by atoms with E-state index in [9.17, 15) is 0 Å². The van der Waals surface area contributed by atoms with Gasteiger partial charge in [0.15, 0.2) is 0 Å². The highest BCUT2D eigenvalue weighted by Gasteiger charge is 2.33. The van der Waals surface area contributed by atoms with E-state index in [1.165, 1.54) is 102 Å². The van der Waals surface area contributed by atoms with Crippen LogP contribution in [0.1, 0.15) is 104 Å². The molecule has 0 aliphatic carbocycles. The summed E-state index contributed by atoms with van der Waals surface area (Å²) in [7, 11) is 1.85. The molecule has 0 spiro atoms. The Morgan fingerprint density at radius 3 is 1.13 bits per heavy atom. The van der Waals surface area contributed by atoms with Crippen LogP contribution in [0.15, 0.2) is 0 Å². The molecule has 0 aromatic heterocycles. The Morgan fingerprint density at radius 2 is 0.783 bits per heavy atom. The van der Waals surface area contributed by atoms with Gasteiger partial charge in [-0.2, -0.15) is 0 Å². The molecule has 0 aliphatic rings. The summed E-state index contributed by atoms with van der Waals surface area (Å²) in [6.07, 6.45) is 19.2. The summed E-state index contributed by atoms with van der Waals surface area (Å²) in [4.78, 5) is 0. The van der Waals surface area contributed by atoms with Crippen LogP contribution < -0.4 is 0 Å². The second kappa shape index (κ2) is 17.0. The molecular formula is C20H44O2Si. The smallest absolute Gasteiger partial charge is 0.337 e. The zero-order valence-electron chi connectivity index (χ0n) is 16.6. The Hall–Kier alpha value is 0.137. The first-order chi connectivity index (χ1) is 11.2. The molecule has 0 saturated heterocycles. The van der Waals surface area contributed by atoms with Crippen LogP contribution >= 0.6 is 0 Å². The van der Waals surface area contributed by atoms with Crippen LogP contribution in [0.2, 0.25) is 12.1 Å². The fourth-order valence-corrected chi connectivity index (χ4v) is 6.13. The van der Waals surface area contributed by atoms with Gasteiger partial charge in [0, 0.05) is 14.2 Å². The molecule has 0 rings (SSSR count). The lowest BCUT2D eigenvalue weighted by Gasteiger charge is -2.27. The summed E-state index contributed by atoms with van der Waals surface area (Å²) < 4.78 is 11.7. The summed E-state index contributed by atoms with van der Waals surface area (Å²) in [5.41, 5.74) is 0. The van der Waals surface area contributed by atoms with E-state index in [1.54, 1.807) is 0 Å². The molecule has 0 N–H and O–H groups in total. The fraction of sp³-hybridized carbons (Fsp3) is 1.00. The number of hydrogen-bond donors (Lipinski definition) is 0. The van der Waals surface area contributed by atoms with E-state index in [4.69, 9.17) is 8.85 Å². The molecule has 0 fully saturated rings. The zero-order chi connectivity index (χ0) is 17.2. The van der Waals surface area contributed by atoms with E-state index in [1.807, 2.05) is 14.2 Å².